The van der Waals surface area contributed by atoms with E-state index in [1.165, 1.54) is 23.1 Å². The van der Waals surface area contributed by atoms with Crippen LogP contribution in [-0.4, -0.2) is 26.7 Å². The summed E-state index contributed by atoms with van der Waals surface area (Å²) in [5.74, 6) is 0.934. The minimum atomic E-state index is -4.64. The first-order valence-corrected chi connectivity index (χ1v) is 8.56. The number of aromatic nitrogens is 3. The highest BCUT2D eigenvalue weighted by Gasteiger charge is 2.33. The van der Waals surface area contributed by atoms with E-state index >= 15 is 0 Å². The molecule has 0 fully saturated rings. The van der Waals surface area contributed by atoms with Crippen LogP contribution in [0.15, 0.2) is 21.2 Å². The smallest absolute Gasteiger partial charge is 0.370 e. The molecular weight excluding hydrogens is 365 g/mol. The number of aryl methyl sites for hydroxylation is 1. The van der Waals surface area contributed by atoms with Crippen molar-refractivity contribution < 1.29 is 13.2 Å². The van der Waals surface area contributed by atoms with Gasteiger partial charge in [0.2, 0.25) is 5.13 Å². The van der Waals surface area contributed by atoms with E-state index in [4.69, 9.17) is 11.5 Å². The van der Waals surface area contributed by atoms with Gasteiger partial charge in [0.25, 0.3) is 5.56 Å². The topological polar surface area (TPSA) is 123 Å². The first kappa shape index (κ1) is 18.3. The van der Waals surface area contributed by atoms with Crippen LogP contribution in [0.3, 0.4) is 0 Å². The summed E-state index contributed by atoms with van der Waals surface area (Å²) in [5, 5.41) is 2.23. The summed E-state index contributed by atoms with van der Waals surface area (Å²) in [7, 11) is 0. The molecule has 0 saturated heterocycles. The standard InChI is InChI=1S/C12H13F3N6OS2/c13-12(14,15)7-3-9(22)20-8(19-7)1-2-23-4-6-5-24-11(18-6)21-10(16)17/h3,5H,1-2,4H2,(H,19,20,22)(H4,16,17,18,21). The quantitative estimate of drug-likeness (QED) is 0.399. The molecule has 0 atom stereocenters. The van der Waals surface area contributed by atoms with Crippen molar-refractivity contribution in [3.05, 3.63) is 39.0 Å². The summed E-state index contributed by atoms with van der Waals surface area (Å²) < 4.78 is 37.8. The van der Waals surface area contributed by atoms with E-state index in [1.807, 2.05) is 0 Å². The fourth-order valence-corrected chi connectivity index (χ4v) is 3.29. The summed E-state index contributed by atoms with van der Waals surface area (Å²) in [6.07, 6.45) is -4.44. The van der Waals surface area contributed by atoms with Crippen LogP contribution in [0.1, 0.15) is 17.2 Å². The lowest BCUT2D eigenvalue weighted by atomic mass is 10.3. The summed E-state index contributed by atoms with van der Waals surface area (Å²) in [6.45, 7) is 0. The van der Waals surface area contributed by atoms with Crippen LogP contribution in [0.25, 0.3) is 0 Å². The number of thiazole rings is 1. The Kier molecular flexibility index (Phi) is 5.83. The monoisotopic (exact) mass is 378 g/mol. The number of thioether (sulfide) groups is 1. The Hall–Kier alpha value is -2.08. The highest BCUT2D eigenvalue weighted by Crippen LogP contribution is 2.26. The van der Waals surface area contributed by atoms with E-state index in [9.17, 15) is 18.0 Å². The van der Waals surface area contributed by atoms with Gasteiger partial charge >= 0.3 is 6.18 Å². The third-order valence-electron chi connectivity index (χ3n) is 2.58. The van der Waals surface area contributed by atoms with Crippen LogP contribution in [0.5, 0.6) is 0 Å². The van der Waals surface area contributed by atoms with Gasteiger partial charge in [0.05, 0.1) is 5.69 Å². The Labute approximate surface area is 142 Å². The van der Waals surface area contributed by atoms with Gasteiger partial charge in [0.1, 0.15) is 5.82 Å². The van der Waals surface area contributed by atoms with Crippen LogP contribution >= 0.6 is 23.1 Å². The summed E-state index contributed by atoms with van der Waals surface area (Å²) in [6, 6.07) is 0.442. The molecule has 0 saturated carbocycles. The predicted octanol–water partition coefficient (Wildman–Crippen LogP) is 1.63. The molecule has 2 heterocycles. The number of nitrogens with one attached hydrogen (secondary N) is 1. The maximum Gasteiger partial charge on any atom is 0.433 e. The number of nitrogens with zero attached hydrogens (tertiary/aromatic N) is 3. The molecule has 0 radical (unpaired) electrons. The predicted molar refractivity (Wildman–Crippen MR) is 87.3 cm³/mol. The van der Waals surface area contributed by atoms with Crippen molar-refractivity contribution in [2.24, 2.45) is 16.5 Å². The Bertz CT molecular complexity index is 782. The van der Waals surface area contributed by atoms with Crippen LogP contribution in [0, 0.1) is 0 Å². The zero-order valence-corrected chi connectivity index (χ0v) is 13.8. The molecule has 0 bridgehead atoms. The molecule has 0 aromatic carbocycles. The highest BCUT2D eigenvalue weighted by molar-refractivity contribution is 7.98. The lowest BCUT2D eigenvalue weighted by Gasteiger charge is -2.07. The number of rotatable bonds is 6. The second-order valence-electron chi connectivity index (χ2n) is 4.54. The molecule has 7 nitrogen and oxygen atoms in total. The van der Waals surface area contributed by atoms with E-state index in [0.717, 1.165) is 5.69 Å². The minimum Gasteiger partial charge on any atom is -0.370 e. The van der Waals surface area contributed by atoms with Crippen molar-refractivity contribution >= 4 is 34.2 Å². The molecule has 0 unspecified atom stereocenters. The van der Waals surface area contributed by atoms with Crippen LogP contribution in [0.4, 0.5) is 18.3 Å². The number of hydrogen-bond donors (Lipinski definition) is 3. The van der Waals surface area contributed by atoms with Gasteiger partial charge in [-0.3, -0.25) is 4.79 Å². The zero-order chi connectivity index (χ0) is 17.7. The minimum absolute atomic E-state index is 0.00166. The maximum absolute atomic E-state index is 12.6. The van der Waals surface area contributed by atoms with Gasteiger partial charge in [-0.05, 0) is 0 Å². The molecule has 130 valence electrons. The Balaban J connectivity index is 1.88. The molecule has 2 aromatic heterocycles. The second kappa shape index (κ2) is 7.66. The van der Waals surface area contributed by atoms with E-state index in [-0.39, 0.29) is 18.2 Å². The highest BCUT2D eigenvalue weighted by atomic mass is 32.2. The maximum atomic E-state index is 12.6. The van der Waals surface area contributed by atoms with Crippen molar-refractivity contribution in [1.29, 1.82) is 0 Å². The van der Waals surface area contributed by atoms with Crippen molar-refractivity contribution in [2.75, 3.05) is 5.75 Å². The number of aromatic amines is 1. The number of aliphatic imine (C=N–C) groups is 1. The number of H-pyrrole nitrogens is 1. The van der Waals surface area contributed by atoms with E-state index < -0.39 is 17.4 Å². The lowest BCUT2D eigenvalue weighted by molar-refractivity contribution is -0.141. The molecule has 0 aliphatic rings. The summed E-state index contributed by atoms with van der Waals surface area (Å²) in [4.78, 5) is 25.0. The van der Waals surface area contributed by atoms with Crippen LogP contribution in [-0.2, 0) is 18.3 Å². The fourth-order valence-electron chi connectivity index (χ4n) is 1.64. The van der Waals surface area contributed by atoms with Gasteiger partial charge in [-0.1, -0.05) is 0 Å². The number of nitrogens with two attached hydrogens (primary N) is 2. The number of halogens is 3. The molecular formula is C12H13F3N6OS2. The third-order valence-corrected chi connectivity index (χ3v) is 4.35. The van der Waals surface area contributed by atoms with Crippen LogP contribution in [0.2, 0.25) is 0 Å². The first-order valence-electron chi connectivity index (χ1n) is 6.53. The van der Waals surface area contributed by atoms with Crippen molar-refractivity contribution in [2.45, 2.75) is 18.3 Å². The summed E-state index contributed by atoms with van der Waals surface area (Å²) in [5.41, 5.74) is 9.25. The van der Waals surface area contributed by atoms with Gasteiger partial charge in [-0.2, -0.15) is 29.9 Å². The van der Waals surface area contributed by atoms with E-state index in [0.29, 0.717) is 22.7 Å². The molecule has 12 heteroatoms. The normalized spacial score (nSPS) is 11.5. The number of hydrogen-bond acceptors (Lipinski definition) is 6. The first-order chi connectivity index (χ1) is 11.2. The number of alkyl halides is 3. The second-order valence-corrected chi connectivity index (χ2v) is 6.48. The van der Waals surface area contributed by atoms with Gasteiger partial charge in [-0.15, -0.1) is 11.3 Å². The van der Waals surface area contributed by atoms with E-state index in [2.05, 4.69) is 19.9 Å². The molecule has 0 aliphatic heterocycles. The van der Waals surface area contributed by atoms with E-state index in [1.54, 1.807) is 5.38 Å². The van der Waals surface area contributed by atoms with Crippen LogP contribution < -0.4 is 17.0 Å². The average Bonchev–Trinajstić information content (AvgIpc) is 2.89. The fraction of sp³-hybridized carbons (Fsp3) is 0.333. The average molecular weight is 378 g/mol. The van der Waals surface area contributed by atoms with Crippen molar-refractivity contribution in [1.82, 2.24) is 15.0 Å². The SMILES string of the molecule is NC(N)=Nc1nc(CSCCc2nc(C(F)(F)F)cc(=O)[nH]2)cs1. The number of guanidine groups is 1. The molecule has 2 rings (SSSR count). The molecule has 2 aromatic rings. The zero-order valence-electron chi connectivity index (χ0n) is 12.1. The molecule has 0 spiro atoms. The van der Waals surface area contributed by atoms with Gasteiger partial charge in [-0.25, -0.2) is 9.97 Å². The van der Waals surface area contributed by atoms with Gasteiger partial charge < -0.3 is 16.5 Å². The lowest BCUT2D eigenvalue weighted by Crippen LogP contribution is -2.21. The van der Waals surface area contributed by atoms with Gasteiger partial charge in [0, 0.05) is 29.4 Å². The Morgan fingerprint density at radius 2 is 2.12 bits per heavy atom. The molecule has 0 amide bonds. The molecule has 0 aliphatic carbocycles. The Morgan fingerprint density at radius 1 is 1.38 bits per heavy atom. The van der Waals surface area contributed by atoms with Crippen molar-refractivity contribution in [3.63, 3.8) is 0 Å². The molecule has 5 N–H and O–H groups in total. The largest absolute Gasteiger partial charge is 0.433 e. The molecule has 24 heavy (non-hydrogen) atoms. The summed E-state index contributed by atoms with van der Waals surface area (Å²) >= 11 is 2.72. The van der Waals surface area contributed by atoms with Crippen molar-refractivity contribution in [3.8, 4) is 0 Å². The van der Waals surface area contributed by atoms with Gasteiger partial charge in [0.15, 0.2) is 11.7 Å². The Morgan fingerprint density at radius 3 is 2.79 bits per heavy atom. The third kappa shape index (κ3) is 5.53.